The number of amides is 2. The van der Waals surface area contributed by atoms with Crippen LogP contribution < -0.4 is 10.2 Å². The molecule has 2 aliphatic heterocycles. The first-order valence-electron chi connectivity index (χ1n) is 12.2. The molecule has 2 fully saturated rings. The predicted molar refractivity (Wildman–Crippen MR) is 130 cm³/mol. The van der Waals surface area contributed by atoms with Crippen LogP contribution in [0.15, 0.2) is 24.5 Å². The number of anilines is 1. The maximum Gasteiger partial charge on any atom is 0.416 e. The molecule has 2 aromatic heterocycles. The Morgan fingerprint density at radius 3 is 2.69 bits per heavy atom. The number of morpholine rings is 1. The third kappa shape index (κ3) is 6.47. The first-order valence-corrected chi connectivity index (χ1v) is 12.2. The highest BCUT2D eigenvalue weighted by Gasteiger charge is 2.48. The van der Waals surface area contributed by atoms with Crippen molar-refractivity contribution in [3.8, 4) is 6.07 Å². The Morgan fingerprint density at radius 2 is 2.03 bits per heavy atom. The van der Waals surface area contributed by atoms with Gasteiger partial charge < -0.3 is 24.6 Å². The van der Waals surface area contributed by atoms with Crippen molar-refractivity contribution in [1.29, 1.82) is 5.26 Å². The van der Waals surface area contributed by atoms with Gasteiger partial charge in [0.25, 0.3) is 5.91 Å². The third-order valence-corrected chi connectivity index (χ3v) is 6.36. The van der Waals surface area contributed by atoms with Gasteiger partial charge in [0, 0.05) is 24.5 Å². The van der Waals surface area contributed by atoms with Crippen LogP contribution in [-0.2, 0) is 14.3 Å². The summed E-state index contributed by atoms with van der Waals surface area (Å²) >= 11 is 0. The minimum absolute atomic E-state index is 0.00880. The quantitative estimate of drug-likeness (QED) is 0.575. The van der Waals surface area contributed by atoms with E-state index in [0.717, 1.165) is 0 Å². The molecule has 0 bridgehead atoms. The number of aromatic nitrogens is 2. The second-order valence-electron chi connectivity index (χ2n) is 10.6. The SMILES string of the molecule is CC(C)(C)OC(=O)N1CC[C@@](F)(CNC(=O)C2CN(c3cnc(C#N)c4ncccc34)C[C@@H](C(F)(F)F)O2)C1. The molecule has 4 heterocycles. The Hall–Kier alpha value is -3.73. The zero-order valence-corrected chi connectivity index (χ0v) is 21.6. The van der Waals surface area contributed by atoms with Crippen LogP contribution in [0.3, 0.4) is 0 Å². The number of ether oxygens (including phenoxy) is 2. The minimum atomic E-state index is -4.79. The molecule has 0 saturated carbocycles. The van der Waals surface area contributed by atoms with Crippen molar-refractivity contribution in [3.05, 3.63) is 30.2 Å². The van der Waals surface area contributed by atoms with Crippen LogP contribution in [0.1, 0.15) is 32.9 Å². The van der Waals surface area contributed by atoms with E-state index in [4.69, 9.17) is 9.47 Å². The lowest BCUT2D eigenvalue weighted by Crippen LogP contribution is -2.58. The fraction of sp³-hybridized carbons (Fsp3) is 0.560. The molecule has 10 nitrogen and oxygen atoms in total. The molecule has 39 heavy (non-hydrogen) atoms. The molecule has 0 aliphatic carbocycles. The van der Waals surface area contributed by atoms with Crippen LogP contribution in [0.25, 0.3) is 10.9 Å². The number of fused-ring (bicyclic) bond motifs is 1. The first-order chi connectivity index (χ1) is 18.2. The maximum atomic E-state index is 15.4. The van der Waals surface area contributed by atoms with E-state index in [-0.39, 0.29) is 43.0 Å². The molecule has 0 aromatic carbocycles. The number of nitrogens with zero attached hydrogens (tertiary/aromatic N) is 5. The number of hydrogen-bond acceptors (Lipinski definition) is 8. The molecule has 2 amide bonds. The number of hydrogen-bond donors (Lipinski definition) is 1. The van der Waals surface area contributed by atoms with Crippen LogP contribution in [0.2, 0.25) is 0 Å². The van der Waals surface area contributed by atoms with Gasteiger partial charge in [0.05, 0.1) is 38.1 Å². The van der Waals surface area contributed by atoms with Crippen molar-refractivity contribution in [2.24, 2.45) is 0 Å². The van der Waals surface area contributed by atoms with Gasteiger partial charge in [0.1, 0.15) is 22.9 Å². The molecule has 3 atom stereocenters. The van der Waals surface area contributed by atoms with Crippen molar-refractivity contribution in [2.75, 3.05) is 37.6 Å². The summed E-state index contributed by atoms with van der Waals surface area (Å²) in [5.41, 5.74) is -2.28. The zero-order valence-electron chi connectivity index (χ0n) is 21.6. The van der Waals surface area contributed by atoms with Gasteiger partial charge in [-0.05, 0) is 32.9 Å². The standard InChI is InChI=1S/C25H28F4N6O4/c1-23(2,3)39-22(37)34-8-6-24(26,14-34)13-33-21(36)18-11-35(12-19(38-18)25(27,28)29)17-10-32-16(9-30)20-15(17)5-4-7-31-20/h4-5,7,10,18-19H,6,8,11-14H2,1-3H3,(H,33,36)/t18?,19-,24+/m0/s1. The van der Waals surface area contributed by atoms with Gasteiger partial charge in [-0.3, -0.25) is 9.78 Å². The highest BCUT2D eigenvalue weighted by molar-refractivity contribution is 5.94. The number of likely N-dealkylation sites (tertiary alicyclic amines) is 1. The molecule has 1 unspecified atom stereocenters. The van der Waals surface area contributed by atoms with Gasteiger partial charge in [0.15, 0.2) is 17.9 Å². The van der Waals surface area contributed by atoms with E-state index in [2.05, 4.69) is 15.3 Å². The average Bonchev–Trinajstić information content (AvgIpc) is 3.27. The second-order valence-corrected chi connectivity index (χ2v) is 10.6. The summed E-state index contributed by atoms with van der Waals surface area (Å²) < 4.78 is 67.1. The highest BCUT2D eigenvalue weighted by atomic mass is 19.4. The Kier molecular flexibility index (Phi) is 7.57. The normalized spacial score (nSPS) is 23.9. The topological polar surface area (TPSA) is 121 Å². The van der Waals surface area contributed by atoms with E-state index in [0.29, 0.717) is 5.39 Å². The van der Waals surface area contributed by atoms with Gasteiger partial charge in [-0.1, -0.05) is 0 Å². The number of carbonyl (C=O) groups excluding carboxylic acids is 2. The largest absolute Gasteiger partial charge is 0.444 e. The number of halogens is 4. The van der Waals surface area contributed by atoms with Gasteiger partial charge in [-0.15, -0.1) is 0 Å². The molecule has 210 valence electrons. The van der Waals surface area contributed by atoms with E-state index in [9.17, 15) is 28.0 Å². The zero-order chi connectivity index (χ0) is 28.6. The van der Waals surface area contributed by atoms with Crippen molar-refractivity contribution >= 4 is 28.6 Å². The average molecular weight is 553 g/mol. The van der Waals surface area contributed by atoms with E-state index < -0.39 is 54.7 Å². The minimum Gasteiger partial charge on any atom is -0.444 e. The molecule has 2 saturated heterocycles. The van der Waals surface area contributed by atoms with Crippen LogP contribution in [-0.4, -0.2) is 89.2 Å². The lowest BCUT2D eigenvalue weighted by atomic mass is 10.1. The summed E-state index contributed by atoms with van der Waals surface area (Å²) in [6.07, 6.45) is -6.75. The molecular formula is C25H28F4N6O4. The van der Waals surface area contributed by atoms with Crippen molar-refractivity contribution < 1.29 is 36.6 Å². The van der Waals surface area contributed by atoms with E-state index in [1.165, 1.54) is 22.2 Å². The second kappa shape index (κ2) is 10.4. The van der Waals surface area contributed by atoms with Crippen LogP contribution in [0.4, 0.5) is 28.0 Å². The smallest absolute Gasteiger partial charge is 0.416 e. The van der Waals surface area contributed by atoms with Crippen LogP contribution >= 0.6 is 0 Å². The summed E-state index contributed by atoms with van der Waals surface area (Å²) in [5, 5.41) is 12.1. The summed E-state index contributed by atoms with van der Waals surface area (Å²) in [6, 6.07) is 5.06. The fourth-order valence-electron chi connectivity index (χ4n) is 4.49. The molecule has 0 radical (unpaired) electrons. The number of rotatable bonds is 4. The van der Waals surface area contributed by atoms with Crippen molar-refractivity contribution in [1.82, 2.24) is 20.2 Å². The summed E-state index contributed by atoms with van der Waals surface area (Å²) in [6.45, 7) is 3.35. The van der Waals surface area contributed by atoms with E-state index in [1.807, 2.05) is 6.07 Å². The highest BCUT2D eigenvalue weighted by Crippen LogP contribution is 2.34. The molecule has 2 aromatic rings. The number of alkyl halides is 4. The van der Waals surface area contributed by atoms with Gasteiger partial charge in [0.2, 0.25) is 0 Å². The Morgan fingerprint density at radius 1 is 1.28 bits per heavy atom. The number of nitrogens with one attached hydrogen (secondary N) is 1. The van der Waals surface area contributed by atoms with E-state index in [1.54, 1.807) is 32.9 Å². The molecule has 4 rings (SSSR count). The summed E-state index contributed by atoms with van der Waals surface area (Å²) in [5.74, 6) is -0.925. The predicted octanol–water partition coefficient (Wildman–Crippen LogP) is 3.10. The molecule has 1 N–H and O–H groups in total. The fourth-order valence-corrected chi connectivity index (χ4v) is 4.49. The van der Waals surface area contributed by atoms with E-state index >= 15 is 4.39 Å². The lowest BCUT2D eigenvalue weighted by Gasteiger charge is -2.39. The maximum absolute atomic E-state index is 15.4. The third-order valence-electron chi connectivity index (χ3n) is 6.36. The first kappa shape index (κ1) is 28.3. The number of nitriles is 1. The lowest BCUT2D eigenvalue weighted by molar-refractivity contribution is -0.234. The Balaban J connectivity index is 1.49. The molecular weight excluding hydrogens is 524 g/mol. The van der Waals surface area contributed by atoms with Crippen LogP contribution in [0.5, 0.6) is 0 Å². The monoisotopic (exact) mass is 552 g/mol. The summed E-state index contributed by atoms with van der Waals surface area (Å²) in [4.78, 5) is 35.8. The van der Waals surface area contributed by atoms with Gasteiger partial charge >= 0.3 is 12.3 Å². The Labute approximate surface area is 221 Å². The Bertz CT molecular complexity index is 1290. The molecule has 14 heteroatoms. The van der Waals surface area contributed by atoms with Gasteiger partial charge in [-0.2, -0.15) is 18.4 Å². The molecule has 0 spiro atoms. The number of pyridine rings is 2. The molecule has 2 aliphatic rings. The van der Waals surface area contributed by atoms with Crippen molar-refractivity contribution in [2.45, 2.75) is 56.8 Å². The van der Waals surface area contributed by atoms with Gasteiger partial charge in [-0.25, -0.2) is 14.2 Å². The summed E-state index contributed by atoms with van der Waals surface area (Å²) in [7, 11) is 0. The van der Waals surface area contributed by atoms with Crippen LogP contribution in [0, 0.1) is 11.3 Å². The number of carbonyl (C=O) groups is 2. The van der Waals surface area contributed by atoms with Crippen molar-refractivity contribution in [3.63, 3.8) is 0 Å².